The molecule has 1 aliphatic heterocycles. The summed E-state index contributed by atoms with van der Waals surface area (Å²) in [6, 6.07) is 18.4. The topological polar surface area (TPSA) is 36.4 Å². The van der Waals surface area contributed by atoms with Crippen molar-refractivity contribution in [1.82, 2.24) is 9.88 Å². The minimum atomic E-state index is -1.21. The molecular formula is C21H23N3OS. The summed E-state index contributed by atoms with van der Waals surface area (Å²) in [6.45, 7) is 2.06. The number of hydrogen-bond donors (Lipinski definition) is 0. The van der Waals surface area contributed by atoms with E-state index in [4.69, 9.17) is 4.98 Å². The number of rotatable bonds is 4. The fraction of sp³-hybridized carbons (Fsp3) is 0.286. The molecule has 0 bridgehead atoms. The van der Waals surface area contributed by atoms with E-state index in [0.717, 1.165) is 33.8 Å². The van der Waals surface area contributed by atoms with Crippen LogP contribution in [-0.2, 0) is 10.8 Å². The first-order chi connectivity index (χ1) is 12.6. The van der Waals surface area contributed by atoms with Crippen molar-refractivity contribution in [2.24, 2.45) is 0 Å². The van der Waals surface area contributed by atoms with E-state index in [9.17, 15) is 4.21 Å². The molecule has 1 fully saturated rings. The summed E-state index contributed by atoms with van der Waals surface area (Å²) in [6.07, 6.45) is 2.92. The van der Waals surface area contributed by atoms with Gasteiger partial charge in [0, 0.05) is 35.6 Å². The first kappa shape index (κ1) is 17.2. The van der Waals surface area contributed by atoms with Crippen LogP contribution in [-0.4, -0.2) is 47.3 Å². The standard InChI is InChI=1S/C21H23N3OS/c1-23(2)17-11-12-24(15-17)20-10-6-7-16-13-19(14-22-21(16)20)26(25)18-8-4-3-5-9-18/h3-10,13-14,17H,11-12,15H2,1-2H3. The molecule has 1 aromatic heterocycles. The van der Waals surface area contributed by atoms with Crippen LogP contribution in [0.25, 0.3) is 10.9 Å². The highest BCUT2D eigenvalue weighted by Crippen LogP contribution is 2.30. The lowest BCUT2D eigenvalue weighted by Gasteiger charge is -2.22. The molecule has 0 saturated carbocycles. The van der Waals surface area contributed by atoms with Crippen molar-refractivity contribution in [2.45, 2.75) is 22.3 Å². The Hall–Kier alpha value is -2.24. The molecule has 134 valence electrons. The largest absolute Gasteiger partial charge is 0.368 e. The summed E-state index contributed by atoms with van der Waals surface area (Å²) in [5.41, 5.74) is 2.16. The van der Waals surface area contributed by atoms with Crippen molar-refractivity contribution in [2.75, 3.05) is 32.1 Å². The van der Waals surface area contributed by atoms with E-state index >= 15 is 0 Å². The summed E-state index contributed by atoms with van der Waals surface area (Å²) in [5.74, 6) is 0. The molecule has 1 aliphatic rings. The maximum absolute atomic E-state index is 12.8. The van der Waals surface area contributed by atoms with Gasteiger partial charge in [-0.05, 0) is 44.8 Å². The smallest absolute Gasteiger partial charge is 0.0936 e. The van der Waals surface area contributed by atoms with Crippen LogP contribution in [0.15, 0.2) is 70.6 Å². The molecule has 0 N–H and O–H groups in total. The third-order valence-electron chi connectivity index (χ3n) is 5.07. The Morgan fingerprint density at radius 1 is 1.08 bits per heavy atom. The van der Waals surface area contributed by atoms with Gasteiger partial charge in [0.2, 0.25) is 0 Å². The molecule has 5 heteroatoms. The second kappa shape index (κ2) is 7.17. The van der Waals surface area contributed by atoms with Gasteiger partial charge in [-0.2, -0.15) is 0 Å². The quantitative estimate of drug-likeness (QED) is 0.709. The van der Waals surface area contributed by atoms with Crippen molar-refractivity contribution < 1.29 is 4.21 Å². The molecule has 2 unspecified atom stereocenters. The maximum atomic E-state index is 12.8. The predicted molar refractivity (Wildman–Crippen MR) is 107 cm³/mol. The molecule has 2 atom stereocenters. The Labute approximate surface area is 156 Å². The molecule has 3 aromatic rings. The Bertz CT molecular complexity index is 942. The van der Waals surface area contributed by atoms with E-state index in [1.165, 1.54) is 12.1 Å². The summed E-state index contributed by atoms with van der Waals surface area (Å²) in [4.78, 5) is 10.9. The third-order valence-corrected chi connectivity index (χ3v) is 6.42. The van der Waals surface area contributed by atoms with Gasteiger partial charge in [0.1, 0.15) is 0 Å². The second-order valence-electron chi connectivity index (χ2n) is 6.95. The Balaban J connectivity index is 1.67. The van der Waals surface area contributed by atoms with Crippen LogP contribution in [0.2, 0.25) is 0 Å². The molecule has 2 aromatic carbocycles. The van der Waals surface area contributed by atoms with Crippen LogP contribution in [0.4, 0.5) is 5.69 Å². The molecule has 2 heterocycles. The Morgan fingerprint density at radius 2 is 1.88 bits per heavy atom. The second-order valence-corrected chi connectivity index (χ2v) is 8.43. The van der Waals surface area contributed by atoms with Crippen LogP contribution in [0.1, 0.15) is 6.42 Å². The highest BCUT2D eigenvalue weighted by Gasteiger charge is 2.25. The first-order valence-electron chi connectivity index (χ1n) is 8.90. The molecule has 0 aliphatic carbocycles. The molecule has 0 radical (unpaired) electrons. The molecular weight excluding hydrogens is 342 g/mol. The summed E-state index contributed by atoms with van der Waals surface area (Å²) < 4.78 is 12.8. The molecule has 0 spiro atoms. The fourth-order valence-corrected chi connectivity index (χ4v) is 4.60. The molecule has 0 amide bonds. The highest BCUT2D eigenvalue weighted by atomic mass is 32.2. The lowest BCUT2D eigenvalue weighted by Crippen LogP contribution is -2.31. The lowest BCUT2D eigenvalue weighted by atomic mass is 10.2. The van der Waals surface area contributed by atoms with Crippen molar-refractivity contribution in [3.8, 4) is 0 Å². The van der Waals surface area contributed by atoms with Gasteiger partial charge in [0.15, 0.2) is 0 Å². The lowest BCUT2D eigenvalue weighted by molar-refractivity contribution is 0.315. The van der Waals surface area contributed by atoms with E-state index in [2.05, 4.69) is 42.1 Å². The average molecular weight is 366 g/mol. The Kier molecular flexibility index (Phi) is 4.74. The predicted octanol–water partition coefficient (Wildman–Crippen LogP) is 3.54. The van der Waals surface area contributed by atoms with Gasteiger partial charge in [-0.1, -0.05) is 30.3 Å². The van der Waals surface area contributed by atoms with E-state index in [1.807, 2.05) is 36.4 Å². The number of nitrogens with zero attached hydrogens (tertiary/aromatic N) is 3. The number of fused-ring (bicyclic) bond motifs is 1. The fourth-order valence-electron chi connectivity index (χ4n) is 3.54. The zero-order valence-corrected chi connectivity index (χ0v) is 15.9. The van der Waals surface area contributed by atoms with Gasteiger partial charge in [0.05, 0.1) is 26.9 Å². The van der Waals surface area contributed by atoms with Crippen LogP contribution in [0, 0.1) is 0 Å². The monoisotopic (exact) mass is 365 g/mol. The zero-order valence-electron chi connectivity index (χ0n) is 15.1. The zero-order chi connectivity index (χ0) is 18.1. The van der Waals surface area contributed by atoms with Crippen molar-refractivity contribution >= 4 is 27.4 Å². The normalized spacial score (nSPS) is 18.6. The van der Waals surface area contributed by atoms with Crippen LogP contribution < -0.4 is 4.90 Å². The van der Waals surface area contributed by atoms with E-state index < -0.39 is 10.8 Å². The van der Waals surface area contributed by atoms with Gasteiger partial charge >= 0.3 is 0 Å². The van der Waals surface area contributed by atoms with E-state index in [1.54, 1.807) is 6.20 Å². The van der Waals surface area contributed by atoms with Gasteiger partial charge in [-0.25, -0.2) is 4.21 Å². The van der Waals surface area contributed by atoms with Gasteiger partial charge in [-0.15, -0.1) is 0 Å². The number of pyridine rings is 1. The first-order valence-corrected chi connectivity index (χ1v) is 10.1. The number of para-hydroxylation sites is 1. The molecule has 26 heavy (non-hydrogen) atoms. The number of aromatic nitrogens is 1. The third kappa shape index (κ3) is 3.24. The van der Waals surface area contributed by atoms with E-state index in [0.29, 0.717) is 6.04 Å². The van der Waals surface area contributed by atoms with Crippen molar-refractivity contribution in [3.05, 3.63) is 60.8 Å². The van der Waals surface area contributed by atoms with Crippen molar-refractivity contribution in [1.29, 1.82) is 0 Å². The summed E-state index contributed by atoms with van der Waals surface area (Å²) in [5, 5.41) is 1.04. The SMILES string of the molecule is CN(C)C1CCN(c2cccc3cc(S(=O)c4ccccc4)cnc23)C1. The number of likely N-dealkylation sites (N-methyl/N-ethyl adjacent to an activating group) is 1. The highest BCUT2D eigenvalue weighted by molar-refractivity contribution is 7.85. The van der Waals surface area contributed by atoms with Crippen LogP contribution in [0.5, 0.6) is 0 Å². The van der Waals surface area contributed by atoms with Gasteiger partial charge in [-0.3, -0.25) is 4.98 Å². The average Bonchev–Trinajstić information content (AvgIpc) is 3.17. The Morgan fingerprint density at radius 3 is 2.62 bits per heavy atom. The number of benzene rings is 2. The summed E-state index contributed by atoms with van der Waals surface area (Å²) in [7, 11) is 3.07. The van der Waals surface area contributed by atoms with Crippen molar-refractivity contribution in [3.63, 3.8) is 0 Å². The number of hydrogen-bond acceptors (Lipinski definition) is 4. The minimum absolute atomic E-state index is 0.579. The minimum Gasteiger partial charge on any atom is -0.368 e. The molecule has 1 saturated heterocycles. The number of anilines is 1. The van der Waals surface area contributed by atoms with Gasteiger partial charge < -0.3 is 9.80 Å². The molecule has 4 nitrogen and oxygen atoms in total. The van der Waals surface area contributed by atoms with Gasteiger partial charge in [0.25, 0.3) is 0 Å². The maximum Gasteiger partial charge on any atom is 0.0936 e. The van der Waals surface area contributed by atoms with E-state index in [-0.39, 0.29) is 0 Å². The summed E-state index contributed by atoms with van der Waals surface area (Å²) >= 11 is 0. The molecule has 4 rings (SSSR count). The van der Waals surface area contributed by atoms with Crippen LogP contribution >= 0.6 is 0 Å². The van der Waals surface area contributed by atoms with Crippen LogP contribution in [0.3, 0.4) is 0 Å².